The van der Waals surface area contributed by atoms with Gasteiger partial charge in [0.2, 0.25) is 0 Å². The van der Waals surface area contributed by atoms with E-state index in [9.17, 15) is 18.0 Å². The molecule has 0 bridgehead atoms. The molecule has 0 amide bonds. The Bertz CT molecular complexity index is 694. The molecule has 0 atom stereocenters. The third-order valence-electron chi connectivity index (χ3n) is 3.92. The van der Waals surface area contributed by atoms with Crippen LogP contribution in [0.5, 0.6) is 0 Å². The second-order valence-electron chi connectivity index (χ2n) is 6.13. The number of halogens is 3. The summed E-state index contributed by atoms with van der Waals surface area (Å²) in [5, 5.41) is 16.8. The molecule has 0 saturated heterocycles. The number of nitrogens with one attached hydrogen (secondary N) is 4. The van der Waals surface area contributed by atoms with Gasteiger partial charge in [-0.1, -0.05) is 26.2 Å². The molecule has 0 aromatic heterocycles. The lowest BCUT2D eigenvalue weighted by atomic mass is 10.1. The first-order chi connectivity index (χ1) is 13.3. The van der Waals surface area contributed by atoms with Crippen molar-refractivity contribution in [2.45, 2.75) is 38.8 Å². The number of hydrogen-bond acceptors (Lipinski definition) is 4. The van der Waals surface area contributed by atoms with Crippen molar-refractivity contribution in [1.29, 1.82) is 5.41 Å². The third kappa shape index (κ3) is 7.85. The summed E-state index contributed by atoms with van der Waals surface area (Å²) in [6.07, 6.45) is 3.62. The van der Waals surface area contributed by atoms with Gasteiger partial charge in [0, 0.05) is 25.0 Å². The fourth-order valence-electron chi connectivity index (χ4n) is 2.40. The summed E-state index contributed by atoms with van der Waals surface area (Å²) in [5.74, 6) is -0.202. The number of hydrogen-bond donors (Lipinski definition) is 4. The van der Waals surface area contributed by atoms with Crippen LogP contribution in [0.3, 0.4) is 0 Å². The summed E-state index contributed by atoms with van der Waals surface area (Å²) in [6.45, 7) is 2.77. The van der Waals surface area contributed by atoms with Gasteiger partial charge in [0.1, 0.15) is 5.84 Å². The number of rotatable bonds is 11. The van der Waals surface area contributed by atoms with Crippen LogP contribution >= 0.6 is 0 Å². The van der Waals surface area contributed by atoms with Crippen molar-refractivity contribution in [3.8, 4) is 0 Å². The Morgan fingerprint density at radius 2 is 1.82 bits per heavy atom. The second kappa shape index (κ2) is 11.8. The van der Waals surface area contributed by atoms with E-state index in [0.29, 0.717) is 18.5 Å². The predicted octanol–water partition coefficient (Wildman–Crippen LogP) is 4.45. The van der Waals surface area contributed by atoms with Gasteiger partial charge in [-0.2, -0.15) is 13.2 Å². The van der Waals surface area contributed by atoms with Crippen LogP contribution in [0.4, 0.5) is 18.9 Å². The van der Waals surface area contributed by atoms with Gasteiger partial charge in [-0.25, -0.2) is 0 Å². The van der Waals surface area contributed by atoms with Gasteiger partial charge in [0.25, 0.3) is 0 Å². The van der Waals surface area contributed by atoms with E-state index in [4.69, 9.17) is 5.41 Å². The lowest BCUT2D eigenvalue weighted by molar-refractivity contribution is -0.137. The summed E-state index contributed by atoms with van der Waals surface area (Å²) < 4.78 is 37.9. The van der Waals surface area contributed by atoms with Crippen LogP contribution in [0.25, 0.3) is 0 Å². The first-order valence-corrected chi connectivity index (χ1v) is 9.13. The fourth-order valence-corrected chi connectivity index (χ4v) is 2.40. The lowest BCUT2D eigenvalue weighted by Crippen LogP contribution is -2.23. The number of amidine groups is 1. The smallest absolute Gasteiger partial charge is 0.394 e. The standard InChI is InChI=1S/C20H27F3N4O/c1-3-4-5-6-12-26-18(11-13-25-2)17(14-28)19(24)27-16-9-7-15(8-10-16)20(21,22)23/h7-11,13-14,25-26H,3-6,12H2,1-2H3,(H2,24,27)/b13-11-,18-17-. The minimum absolute atomic E-state index is 0.0851. The van der Waals surface area contributed by atoms with E-state index in [1.807, 2.05) is 0 Å². The molecule has 0 fully saturated rings. The molecular formula is C20H27F3N4O. The molecule has 1 aromatic carbocycles. The minimum atomic E-state index is -4.42. The first kappa shape index (κ1) is 23.3. The van der Waals surface area contributed by atoms with E-state index < -0.39 is 11.7 Å². The monoisotopic (exact) mass is 396 g/mol. The Labute approximate surface area is 163 Å². The molecule has 28 heavy (non-hydrogen) atoms. The number of anilines is 1. The maximum Gasteiger partial charge on any atom is 0.416 e. The Kier molecular flexibility index (Phi) is 9.84. The minimum Gasteiger partial charge on any atom is -0.394 e. The van der Waals surface area contributed by atoms with E-state index in [-0.39, 0.29) is 17.1 Å². The molecule has 4 N–H and O–H groups in total. The van der Waals surface area contributed by atoms with Gasteiger partial charge >= 0.3 is 6.18 Å². The summed E-state index contributed by atoms with van der Waals surface area (Å²) in [4.78, 5) is 11.6. The molecule has 1 aromatic rings. The molecule has 0 saturated carbocycles. The maximum absolute atomic E-state index is 12.6. The molecule has 1 rings (SSSR count). The normalized spacial score (nSPS) is 12.5. The summed E-state index contributed by atoms with van der Waals surface area (Å²) >= 11 is 0. The second-order valence-corrected chi connectivity index (χ2v) is 6.13. The zero-order chi connectivity index (χ0) is 21.0. The average molecular weight is 396 g/mol. The predicted molar refractivity (Wildman–Crippen MR) is 106 cm³/mol. The number of alkyl halides is 3. The Balaban J connectivity index is 2.92. The van der Waals surface area contributed by atoms with Crippen LogP contribution in [0.2, 0.25) is 0 Å². The van der Waals surface area contributed by atoms with Crippen molar-refractivity contribution in [3.05, 3.63) is 53.4 Å². The van der Waals surface area contributed by atoms with Crippen molar-refractivity contribution in [3.63, 3.8) is 0 Å². The zero-order valence-electron chi connectivity index (χ0n) is 16.1. The van der Waals surface area contributed by atoms with Gasteiger partial charge in [0.15, 0.2) is 6.29 Å². The van der Waals surface area contributed by atoms with E-state index in [2.05, 4.69) is 22.9 Å². The topological polar surface area (TPSA) is 77.0 Å². The molecule has 5 nitrogen and oxygen atoms in total. The summed E-state index contributed by atoms with van der Waals surface area (Å²) in [7, 11) is 1.71. The lowest BCUT2D eigenvalue weighted by Gasteiger charge is -2.14. The molecule has 0 spiro atoms. The highest BCUT2D eigenvalue weighted by molar-refractivity contribution is 6.18. The van der Waals surface area contributed by atoms with Crippen LogP contribution in [0, 0.1) is 5.41 Å². The first-order valence-electron chi connectivity index (χ1n) is 9.13. The highest BCUT2D eigenvalue weighted by Gasteiger charge is 2.30. The number of aldehydes is 1. The quantitative estimate of drug-likeness (QED) is 0.111. The number of carbonyl (C=O) groups is 1. The van der Waals surface area contributed by atoms with Crippen molar-refractivity contribution in [2.75, 3.05) is 18.9 Å². The summed E-state index contributed by atoms with van der Waals surface area (Å²) in [6, 6.07) is 4.30. The van der Waals surface area contributed by atoms with Gasteiger partial charge in [0.05, 0.1) is 11.1 Å². The van der Waals surface area contributed by atoms with Crippen molar-refractivity contribution in [2.24, 2.45) is 0 Å². The van der Waals surface area contributed by atoms with Crippen LogP contribution < -0.4 is 16.0 Å². The highest BCUT2D eigenvalue weighted by atomic mass is 19.4. The molecule has 0 aliphatic heterocycles. The van der Waals surface area contributed by atoms with Crippen LogP contribution in [-0.2, 0) is 11.0 Å². The van der Waals surface area contributed by atoms with Crippen molar-refractivity contribution >= 4 is 17.8 Å². The molecule has 0 aliphatic carbocycles. The molecule has 0 heterocycles. The summed E-state index contributed by atoms with van der Waals surface area (Å²) in [5.41, 5.74) is 0.0616. The molecule has 8 heteroatoms. The van der Waals surface area contributed by atoms with Gasteiger partial charge in [-0.3, -0.25) is 10.2 Å². The number of carbonyl (C=O) groups excluding carboxylic acids is 1. The van der Waals surface area contributed by atoms with Crippen LogP contribution in [0.15, 0.2) is 47.8 Å². The number of allylic oxidation sites excluding steroid dienone is 1. The van der Waals surface area contributed by atoms with Crippen LogP contribution in [0.1, 0.15) is 38.2 Å². The van der Waals surface area contributed by atoms with E-state index in [0.717, 1.165) is 37.8 Å². The highest BCUT2D eigenvalue weighted by Crippen LogP contribution is 2.29. The van der Waals surface area contributed by atoms with Gasteiger partial charge in [-0.15, -0.1) is 0 Å². The number of unbranched alkanes of at least 4 members (excludes halogenated alkanes) is 3. The van der Waals surface area contributed by atoms with E-state index in [1.54, 1.807) is 19.3 Å². The molecule has 0 aliphatic rings. The van der Waals surface area contributed by atoms with Crippen molar-refractivity contribution < 1.29 is 18.0 Å². The Hall–Kier alpha value is -2.77. The zero-order valence-corrected chi connectivity index (χ0v) is 16.1. The SMILES string of the molecule is CCCCCCNC(/C=C\NC)=C(/C=O)C(=N)Nc1ccc(C(F)(F)F)cc1. The van der Waals surface area contributed by atoms with Gasteiger partial charge < -0.3 is 16.0 Å². The van der Waals surface area contributed by atoms with Gasteiger partial charge in [-0.05, 0) is 43.0 Å². The van der Waals surface area contributed by atoms with Crippen molar-refractivity contribution in [1.82, 2.24) is 10.6 Å². The third-order valence-corrected chi connectivity index (χ3v) is 3.92. The largest absolute Gasteiger partial charge is 0.416 e. The maximum atomic E-state index is 12.6. The molecule has 0 unspecified atom stereocenters. The van der Waals surface area contributed by atoms with E-state index >= 15 is 0 Å². The van der Waals surface area contributed by atoms with Crippen LogP contribution in [-0.4, -0.2) is 25.7 Å². The fraction of sp³-hybridized carbons (Fsp3) is 0.400. The Morgan fingerprint density at radius 1 is 1.14 bits per heavy atom. The molecule has 154 valence electrons. The molecule has 0 radical (unpaired) electrons. The van der Waals surface area contributed by atoms with E-state index in [1.165, 1.54) is 12.1 Å². The Morgan fingerprint density at radius 3 is 2.36 bits per heavy atom. The number of benzene rings is 1. The average Bonchev–Trinajstić information content (AvgIpc) is 2.65. The molecular weight excluding hydrogens is 369 g/mol.